The van der Waals surface area contributed by atoms with Gasteiger partial charge in [-0.3, -0.25) is 0 Å². The molecule has 1 aromatic carbocycles. The highest BCUT2D eigenvalue weighted by Crippen LogP contribution is 2.34. The molecule has 0 radical (unpaired) electrons. The molecule has 1 saturated heterocycles. The minimum absolute atomic E-state index is 0.413. The third-order valence-electron chi connectivity index (χ3n) is 3.94. The van der Waals surface area contributed by atoms with Crippen LogP contribution in [0.1, 0.15) is 12.8 Å². The van der Waals surface area contributed by atoms with E-state index in [2.05, 4.69) is 25.5 Å². The number of carbonyl (C=O) groups excluding carboxylic acids is 1. The van der Waals surface area contributed by atoms with Crippen molar-refractivity contribution in [3.63, 3.8) is 0 Å². The van der Waals surface area contributed by atoms with Crippen LogP contribution in [0.5, 0.6) is 11.5 Å². The number of nitrogens with zero attached hydrogens (tertiary/aromatic N) is 3. The number of nitrogens with one attached hydrogen (secondary N) is 2. The molecule has 1 aliphatic heterocycles. The van der Waals surface area contributed by atoms with Gasteiger partial charge in [0.1, 0.15) is 0 Å². The number of hydrogen-bond donors (Lipinski definition) is 2. The van der Waals surface area contributed by atoms with Gasteiger partial charge in [0.2, 0.25) is 5.95 Å². The maximum Gasteiger partial charge on any atom is 0.323 e. The van der Waals surface area contributed by atoms with Crippen LogP contribution >= 0.6 is 0 Å². The van der Waals surface area contributed by atoms with Crippen LogP contribution < -0.4 is 25.0 Å². The summed E-state index contributed by atoms with van der Waals surface area (Å²) < 4.78 is 10.5. The first-order valence-electron chi connectivity index (χ1n) is 8.07. The van der Waals surface area contributed by atoms with Crippen LogP contribution in [-0.4, -0.2) is 43.3 Å². The molecular formula is C17H21N5O3. The molecule has 0 saturated carbocycles. The number of aromatic nitrogens is 2. The molecule has 1 aliphatic rings. The van der Waals surface area contributed by atoms with Gasteiger partial charge in [-0.05, 0) is 25.0 Å². The van der Waals surface area contributed by atoms with Gasteiger partial charge in [0.15, 0.2) is 11.5 Å². The third kappa shape index (κ3) is 3.90. The normalized spacial score (nSPS) is 13.4. The van der Waals surface area contributed by atoms with E-state index in [-0.39, 0.29) is 0 Å². The predicted octanol–water partition coefficient (Wildman–Crippen LogP) is 2.74. The lowest BCUT2D eigenvalue weighted by atomic mass is 10.2. The molecule has 8 nitrogen and oxygen atoms in total. The van der Waals surface area contributed by atoms with E-state index in [1.54, 1.807) is 37.7 Å². The van der Waals surface area contributed by atoms with E-state index < -0.39 is 6.03 Å². The van der Waals surface area contributed by atoms with Gasteiger partial charge in [-0.1, -0.05) is 6.07 Å². The van der Waals surface area contributed by atoms with Crippen LogP contribution in [0, 0.1) is 0 Å². The lowest BCUT2D eigenvalue weighted by Gasteiger charge is -2.15. The molecule has 2 N–H and O–H groups in total. The van der Waals surface area contributed by atoms with Gasteiger partial charge in [0.05, 0.1) is 38.0 Å². The molecule has 2 aromatic rings. The van der Waals surface area contributed by atoms with Crippen LogP contribution in [0.2, 0.25) is 0 Å². The number of carbonyl (C=O) groups is 1. The molecule has 0 atom stereocenters. The first-order valence-corrected chi connectivity index (χ1v) is 8.07. The van der Waals surface area contributed by atoms with Gasteiger partial charge in [-0.15, -0.1) is 0 Å². The second kappa shape index (κ2) is 7.69. The quantitative estimate of drug-likeness (QED) is 0.868. The molecule has 0 aliphatic carbocycles. The maximum atomic E-state index is 12.2. The summed E-state index contributed by atoms with van der Waals surface area (Å²) in [5, 5.41) is 5.44. The summed E-state index contributed by atoms with van der Waals surface area (Å²) in [5.74, 6) is 1.69. The van der Waals surface area contributed by atoms with E-state index in [1.807, 2.05) is 0 Å². The Kier molecular flexibility index (Phi) is 5.17. The lowest BCUT2D eigenvalue weighted by molar-refractivity contribution is 0.262. The van der Waals surface area contributed by atoms with Crippen molar-refractivity contribution in [3.05, 3.63) is 30.6 Å². The molecule has 25 heavy (non-hydrogen) atoms. The minimum Gasteiger partial charge on any atom is -0.493 e. The average Bonchev–Trinajstić information content (AvgIpc) is 3.16. The third-order valence-corrected chi connectivity index (χ3v) is 3.94. The molecular weight excluding hydrogens is 322 g/mol. The van der Waals surface area contributed by atoms with Gasteiger partial charge in [-0.25, -0.2) is 14.8 Å². The lowest BCUT2D eigenvalue weighted by Crippen LogP contribution is -2.22. The summed E-state index contributed by atoms with van der Waals surface area (Å²) in [6.07, 6.45) is 5.52. The number of hydrogen-bond acceptors (Lipinski definition) is 6. The fraction of sp³-hybridized carbons (Fsp3) is 0.353. The van der Waals surface area contributed by atoms with E-state index in [9.17, 15) is 4.79 Å². The van der Waals surface area contributed by atoms with Crippen molar-refractivity contribution < 1.29 is 14.3 Å². The Labute approximate surface area is 146 Å². The summed E-state index contributed by atoms with van der Waals surface area (Å²) in [6, 6.07) is 4.84. The predicted molar refractivity (Wildman–Crippen MR) is 95.7 cm³/mol. The van der Waals surface area contributed by atoms with E-state index in [1.165, 1.54) is 7.11 Å². The summed E-state index contributed by atoms with van der Waals surface area (Å²) in [4.78, 5) is 23.0. The number of amides is 2. The smallest absolute Gasteiger partial charge is 0.323 e. The number of urea groups is 1. The van der Waals surface area contributed by atoms with E-state index in [0.717, 1.165) is 25.9 Å². The Morgan fingerprint density at radius 2 is 1.80 bits per heavy atom. The van der Waals surface area contributed by atoms with Crippen LogP contribution in [0.15, 0.2) is 30.6 Å². The van der Waals surface area contributed by atoms with Gasteiger partial charge < -0.3 is 25.0 Å². The zero-order valence-corrected chi connectivity index (χ0v) is 14.3. The van der Waals surface area contributed by atoms with Crippen LogP contribution in [0.25, 0.3) is 0 Å². The van der Waals surface area contributed by atoms with Crippen LogP contribution in [0.3, 0.4) is 0 Å². The highest BCUT2D eigenvalue weighted by atomic mass is 16.5. The number of ether oxygens (including phenoxy) is 2. The summed E-state index contributed by atoms with van der Waals surface area (Å²) >= 11 is 0. The van der Waals surface area contributed by atoms with Crippen molar-refractivity contribution in [2.75, 3.05) is 42.8 Å². The van der Waals surface area contributed by atoms with Gasteiger partial charge in [-0.2, -0.15) is 0 Å². The maximum absolute atomic E-state index is 12.2. The Morgan fingerprint density at radius 1 is 1.08 bits per heavy atom. The number of anilines is 3. The second-order valence-electron chi connectivity index (χ2n) is 5.59. The molecule has 2 amide bonds. The van der Waals surface area contributed by atoms with E-state index in [0.29, 0.717) is 28.8 Å². The van der Waals surface area contributed by atoms with Crippen molar-refractivity contribution in [3.8, 4) is 11.5 Å². The monoisotopic (exact) mass is 343 g/mol. The Hall–Kier alpha value is -3.03. The van der Waals surface area contributed by atoms with Crippen molar-refractivity contribution in [2.45, 2.75) is 12.8 Å². The highest BCUT2D eigenvalue weighted by molar-refractivity contribution is 6.00. The van der Waals surface area contributed by atoms with Crippen LogP contribution in [0.4, 0.5) is 22.1 Å². The summed E-state index contributed by atoms with van der Waals surface area (Å²) in [7, 11) is 3.06. The Balaban J connectivity index is 1.64. The minimum atomic E-state index is -0.413. The fourth-order valence-corrected chi connectivity index (χ4v) is 2.74. The zero-order valence-electron chi connectivity index (χ0n) is 14.3. The van der Waals surface area contributed by atoms with E-state index in [4.69, 9.17) is 9.47 Å². The Bertz CT molecular complexity index is 730. The van der Waals surface area contributed by atoms with Crippen molar-refractivity contribution in [1.82, 2.24) is 9.97 Å². The molecule has 1 fully saturated rings. The molecule has 0 spiro atoms. The topological polar surface area (TPSA) is 88.6 Å². The highest BCUT2D eigenvalue weighted by Gasteiger charge is 2.15. The zero-order chi connectivity index (χ0) is 17.6. The van der Waals surface area contributed by atoms with E-state index >= 15 is 0 Å². The van der Waals surface area contributed by atoms with Crippen molar-refractivity contribution in [1.29, 1.82) is 0 Å². The van der Waals surface area contributed by atoms with Gasteiger partial charge in [0.25, 0.3) is 0 Å². The fourth-order valence-electron chi connectivity index (χ4n) is 2.74. The van der Waals surface area contributed by atoms with Crippen LogP contribution in [-0.2, 0) is 0 Å². The number of rotatable bonds is 5. The SMILES string of the molecule is COc1cccc(NC(=O)Nc2cnc(N3CCCC3)nc2)c1OC. The number of methoxy groups -OCH3 is 2. The first-order chi connectivity index (χ1) is 12.2. The van der Waals surface area contributed by atoms with Gasteiger partial charge in [0, 0.05) is 13.1 Å². The van der Waals surface area contributed by atoms with Crippen molar-refractivity contribution >= 4 is 23.4 Å². The molecule has 0 unspecified atom stereocenters. The molecule has 3 rings (SSSR count). The average molecular weight is 343 g/mol. The molecule has 8 heteroatoms. The number of benzene rings is 1. The largest absolute Gasteiger partial charge is 0.493 e. The molecule has 0 bridgehead atoms. The number of para-hydroxylation sites is 1. The first kappa shape index (κ1) is 16.8. The van der Waals surface area contributed by atoms with Gasteiger partial charge >= 0.3 is 6.03 Å². The Morgan fingerprint density at radius 3 is 2.44 bits per heavy atom. The molecule has 2 heterocycles. The second-order valence-corrected chi connectivity index (χ2v) is 5.59. The summed E-state index contributed by atoms with van der Waals surface area (Å²) in [6.45, 7) is 1.95. The summed E-state index contributed by atoms with van der Waals surface area (Å²) in [5.41, 5.74) is 1.02. The van der Waals surface area contributed by atoms with Crippen molar-refractivity contribution in [2.24, 2.45) is 0 Å². The molecule has 132 valence electrons. The standard InChI is InChI=1S/C17H21N5O3/c1-24-14-7-5-6-13(15(14)25-2)21-17(23)20-12-10-18-16(19-11-12)22-8-3-4-9-22/h5-7,10-11H,3-4,8-9H2,1-2H3,(H2,20,21,23). The molecule has 1 aromatic heterocycles.